The number of carboxylic acids is 1. The Balaban J connectivity index is 2.90. The van der Waals surface area contributed by atoms with Crippen molar-refractivity contribution < 1.29 is 19.8 Å². The Hall–Kier alpha value is -2.04. The molecule has 1 rings (SSSR count). The van der Waals surface area contributed by atoms with Crippen LogP contribution in [0.4, 0.5) is 0 Å². The molecule has 5 nitrogen and oxygen atoms in total. The Morgan fingerprint density at radius 3 is 2.59 bits per heavy atom. The van der Waals surface area contributed by atoms with Crippen molar-refractivity contribution in [2.75, 3.05) is 0 Å². The van der Waals surface area contributed by atoms with Crippen molar-refractivity contribution in [1.29, 1.82) is 0 Å². The van der Waals surface area contributed by atoms with Gasteiger partial charge >= 0.3 is 5.97 Å². The van der Waals surface area contributed by atoms with Gasteiger partial charge in [-0.25, -0.2) is 4.79 Å². The fourth-order valence-electron chi connectivity index (χ4n) is 1.44. The van der Waals surface area contributed by atoms with Gasteiger partial charge in [-0.15, -0.1) is 0 Å². The van der Waals surface area contributed by atoms with E-state index >= 15 is 0 Å². The molecule has 0 bridgehead atoms. The minimum absolute atomic E-state index is 0.0148. The third-order valence-corrected chi connectivity index (χ3v) is 2.56. The standard InChI is InChI=1S/C12H15NO4/c1-3-9(12(16)17)13-11(15)8-5-4-6-10(14)7(8)2/h4-6,9,14H,3H2,1-2H3,(H,13,15)(H,16,17)/t9-/m1/s1. The van der Waals surface area contributed by atoms with Crippen molar-refractivity contribution in [1.82, 2.24) is 5.32 Å². The molecule has 1 amide bonds. The van der Waals surface area contributed by atoms with Crippen molar-refractivity contribution in [2.24, 2.45) is 0 Å². The summed E-state index contributed by atoms with van der Waals surface area (Å²) in [6.07, 6.45) is 0.305. The molecular weight excluding hydrogens is 222 g/mol. The quantitative estimate of drug-likeness (QED) is 0.736. The first-order valence-electron chi connectivity index (χ1n) is 5.29. The zero-order chi connectivity index (χ0) is 13.0. The summed E-state index contributed by atoms with van der Waals surface area (Å²) in [5.74, 6) is -1.55. The summed E-state index contributed by atoms with van der Waals surface area (Å²) >= 11 is 0. The van der Waals surface area contributed by atoms with E-state index in [1.165, 1.54) is 6.07 Å². The van der Waals surface area contributed by atoms with Gasteiger partial charge in [0.1, 0.15) is 11.8 Å². The molecule has 0 saturated carbocycles. The van der Waals surface area contributed by atoms with E-state index in [0.717, 1.165) is 0 Å². The normalized spacial score (nSPS) is 11.9. The number of phenols is 1. The van der Waals surface area contributed by atoms with Crippen LogP contribution in [0.15, 0.2) is 18.2 Å². The highest BCUT2D eigenvalue weighted by Crippen LogP contribution is 2.19. The van der Waals surface area contributed by atoms with Gasteiger partial charge in [0.25, 0.3) is 5.91 Å². The number of rotatable bonds is 4. The van der Waals surface area contributed by atoms with Crippen molar-refractivity contribution in [3.05, 3.63) is 29.3 Å². The summed E-state index contributed by atoms with van der Waals surface area (Å²) in [4.78, 5) is 22.6. The van der Waals surface area contributed by atoms with Crippen LogP contribution in [-0.2, 0) is 4.79 Å². The lowest BCUT2D eigenvalue weighted by molar-refractivity contribution is -0.139. The highest BCUT2D eigenvalue weighted by Gasteiger charge is 2.19. The van der Waals surface area contributed by atoms with Crippen LogP contribution in [-0.4, -0.2) is 28.1 Å². The smallest absolute Gasteiger partial charge is 0.326 e. The van der Waals surface area contributed by atoms with Crippen LogP contribution in [0.25, 0.3) is 0 Å². The Labute approximate surface area is 99.1 Å². The summed E-state index contributed by atoms with van der Waals surface area (Å²) in [5.41, 5.74) is 0.718. The van der Waals surface area contributed by atoms with Crippen molar-refractivity contribution >= 4 is 11.9 Å². The van der Waals surface area contributed by atoms with E-state index in [-0.39, 0.29) is 11.3 Å². The first-order chi connectivity index (χ1) is 7.97. The lowest BCUT2D eigenvalue weighted by Crippen LogP contribution is -2.40. The predicted molar refractivity (Wildman–Crippen MR) is 62.0 cm³/mol. The van der Waals surface area contributed by atoms with E-state index in [1.54, 1.807) is 26.0 Å². The molecule has 0 aliphatic rings. The predicted octanol–water partition coefficient (Wildman–Crippen LogP) is 1.29. The number of carbonyl (C=O) groups is 2. The van der Waals surface area contributed by atoms with Gasteiger partial charge in [0.15, 0.2) is 0 Å². The fraction of sp³-hybridized carbons (Fsp3) is 0.333. The summed E-state index contributed by atoms with van der Waals surface area (Å²) in [6.45, 7) is 3.28. The van der Waals surface area contributed by atoms with Crippen molar-refractivity contribution in [2.45, 2.75) is 26.3 Å². The SMILES string of the molecule is CC[C@@H](NC(=O)c1cccc(O)c1C)C(=O)O. The number of hydrogen-bond acceptors (Lipinski definition) is 3. The number of hydrogen-bond donors (Lipinski definition) is 3. The molecule has 5 heteroatoms. The molecule has 17 heavy (non-hydrogen) atoms. The molecule has 0 fully saturated rings. The number of carboxylic acid groups (broad SMARTS) is 1. The maximum absolute atomic E-state index is 11.8. The fourth-order valence-corrected chi connectivity index (χ4v) is 1.44. The summed E-state index contributed by atoms with van der Waals surface area (Å²) in [6, 6.07) is 3.64. The zero-order valence-corrected chi connectivity index (χ0v) is 9.73. The molecule has 0 unspecified atom stereocenters. The third-order valence-electron chi connectivity index (χ3n) is 2.56. The molecule has 0 aliphatic heterocycles. The molecule has 1 atom stereocenters. The van der Waals surface area contributed by atoms with Crippen LogP contribution in [0.1, 0.15) is 29.3 Å². The first kappa shape index (κ1) is 13.0. The molecule has 0 aromatic heterocycles. The van der Waals surface area contributed by atoms with Gasteiger partial charge in [-0.3, -0.25) is 4.79 Å². The average molecular weight is 237 g/mol. The highest BCUT2D eigenvalue weighted by molar-refractivity contribution is 5.98. The van der Waals surface area contributed by atoms with Gasteiger partial charge in [-0.1, -0.05) is 13.0 Å². The van der Waals surface area contributed by atoms with Gasteiger partial charge in [0, 0.05) is 11.1 Å². The second-order valence-corrected chi connectivity index (χ2v) is 3.72. The molecule has 0 spiro atoms. The maximum atomic E-state index is 11.8. The van der Waals surface area contributed by atoms with Gasteiger partial charge < -0.3 is 15.5 Å². The molecule has 0 saturated heterocycles. The van der Waals surface area contributed by atoms with Crippen LogP contribution < -0.4 is 5.32 Å². The molecule has 0 aliphatic carbocycles. The van der Waals surface area contributed by atoms with Gasteiger partial charge in [0.05, 0.1) is 0 Å². The van der Waals surface area contributed by atoms with E-state index in [0.29, 0.717) is 12.0 Å². The Kier molecular flexibility index (Phi) is 4.09. The Bertz CT molecular complexity index is 442. The summed E-state index contributed by atoms with van der Waals surface area (Å²) in [5, 5.41) is 20.7. The minimum Gasteiger partial charge on any atom is -0.508 e. The van der Waals surface area contributed by atoms with E-state index < -0.39 is 17.9 Å². The minimum atomic E-state index is -1.07. The number of carbonyl (C=O) groups excluding carboxylic acids is 1. The van der Waals surface area contributed by atoms with E-state index in [4.69, 9.17) is 5.11 Å². The topological polar surface area (TPSA) is 86.6 Å². The van der Waals surface area contributed by atoms with Gasteiger partial charge in [-0.2, -0.15) is 0 Å². The van der Waals surface area contributed by atoms with Gasteiger partial charge in [-0.05, 0) is 25.5 Å². The molecule has 0 radical (unpaired) electrons. The summed E-state index contributed by atoms with van der Waals surface area (Å²) < 4.78 is 0. The average Bonchev–Trinajstić information content (AvgIpc) is 2.28. The highest BCUT2D eigenvalue weighted by atomic mass is 16.4. The molecule has 1 aromatic rings. The van der Waals surface area contributed by atoms with Gasteiger partial charge in [0.2, 0.25) is 0 Å². The van der Waals surface area contributed by atoms with Crippen molar-refractivity contribution in [3.8, 4) is 5.75 Å². The number of nitrogens with one attached hydrogen (secondary N) is 1. The van der Waals surface area contributed by atoms with Crippen LogP contribution in [0.3, 0.4) is 0 Å². The molecule has 0 heterocycles. The Morgan fingerprint density at radius 1 is 1.41 bits per heavy atom. The lowest BCUT2D eigenvalue weighted by Gasteiger charge is -2.13. The Morgan fingerprint density at radius 2 is 2.06 bits per heavy atom. The number of phenolic OH excluding ortho intramolecular Hbond substituents is 1. The largest absolute Gasteiger partial charge is 0.508 e. The first-order valence-corrected chi connectivity index (χ1v) is 5.29. The number of aromatic hydroxyl groups is 1. The van der Waals surface area contributed by atoms with Crippen LogP contribution in [0.2, 0.25) is 0 Å². The van der Waals surface area contributed by atoms with E-state index in [9.17, 15) is 14.7 Å². The van der Waals surface area contributed by atoms with Crippen LogP contribution >= 0.6 is 0 Å². The second-order valence-electron chi connectivity index (χ2n) is 3.72. The lowest BCUT2D eigenvalue weighted by atomic mass is 10.1. The molecule has 92 valence electrons. The monoisotopic (exact) mass is 237 g/mol. The molecular formula is C12H15NO4. The zero-order valence-electron chi connectivity index (χ0n) is 9.73. The summed E-state index contributed by atoms with van der Waals surface area (Å²) in [7, 11) is 0. The molecule has 3 N–H and O–H groups in total. The van der Waals surface area contributed by atoms with Crippen molar-refractivity contribution in [3.63, 3.8) is 0 Å². The van der Waals surface area contributed by atoms with Crippen LogP contribution in [0.5, 0.6) is 5.75 Å². The van der Waals surface area contributed by atoms with E-state index in [2.05, 4.69) is 5.32 Å². The third kappa shape index (κ3) is 2.96. The number of aliphatic carboxylic acids is 1. The van der Waals surface area contributed by atoms with Crippen LogP contribution in [0, 0.1) is 6.92 Å². The molecule has 1 aromatic carbocycles. The number of benzene rings is 1. The van der Waals surface area contributed by atoms with E-state index in [1.807, 2.05) is 0 Å². The second kappa shape index (κ2) is 5.34. The number of amides is 1. The maximum Gasteiger partial charge on any atom is 0.326 e.